The molecule has 7 nitrogen and oxygen atoms in total. The number of nitrogens with one attached hydrogen (secondary N) is 1. The molecule has 1 N–H and O–H groups in total. The van der Waals surface area contributed by atoms with E-state index < -0.39 is 17.1 Å². The molecule has 0 aromatic heterocycles. The second-order valence-electron chi connectivity index (χ2n) is 7.53. The highest BCUT2D eigenvalue weighted by atomic mass is 32.2. The molecule has 0 unspecified atom stereocenters. The lowest BCUT2D eigenvalue weighted by atomic mass is 10.2. The van der Waals surface area contributed by atoms with Crippen molar-refractivity contribution >= 4 is 40.6 Å². The van der Waals surface area contributed by atoms with E-state index in [1.54, 1.807) is 73.8 Å². The molecule has 178 valence electrons. The Labute approximate surface area is 205 Å². The molecule has 1 fully saturated rings. The summed E-state index contributed by atoms with van der Waals surface area (Å²) in [7, 11) is 1.54. The maximum absolute atomic E-state index is 13.0. The quantitative estimate of drug-likeness (QED) is 0.441. The summed E-state index contributed by atoms with van der Waals surface area (Å²) in [6.45, 7) is -0.0959. The lowest BCUT2D eigenvalue weighted by Gasteiger charge is -2.12. The van der Waals surface area contributed by atoms with Gasteiger partial charge in [-0.25, -0.2) is 4.39 Å². The second kappa shape index (κ2) is 10.9. The zero-order valence-electron chi connectivity index (χ0n) is 18.7. The summed E-state index contributed by atoms with van der Waals surface area (Å²) >= 11 is 0.783. The van der Waals surface area contributed by atoms with Crippen LogP contribution in [0, 0.1) is 5.82 Å². The fourth-order valence-electron chi connectivity index (χ4n) is 3.21. The normalized spacial score (nSPS) is 14.3. The van der Waals surface area contributed by atoms with E-state index in [1.807, 2.05) is 0 Å². The van der Waals surface area contributed by atoms with E-state index in [-0.39, 0.29) is 23.9 Å². The van der Waals surface area contributed by atoms with Crippen molar-refractivity contribution in [2.45, 2.75) is 6.61 Å². The van der Waals surface area contributed by atoms with Crippen LogP contribution in [0.4, 0.5) is 14.9 Å². The highest BCUT2D eigenvalue weighted by molar-refractivity contribution is 8.18. The Balaban J connectivity index is 1.34. The lowest BCUT2D eigenvalue weighted by Crippen LogP contribution is -2.36. The molecule has 0 aliphatic carbocycles. The number of carbonyl (C=O) groups excluding carboxylic acids is 3. The summed E-state index contributed by atoms with van der Waals surface area (Å²) in [5, 5.41) is 2.15. The number of benzene rings is 3. The van der Waals surface area contributed by atoms with Gasteiger partial charge in [0.15, 0.2) is 0 Å². The predicted octanol–water partition coefficient (Wildman–Crippen LogP) is 5.09. The molecule has 0 radical (unpaired) electrons. The monoisotopic (exact) mass is 492 g/mol. The minimum Gasteiger partial charge on any atom is -0.497 e. The first-order chi connectivity index (χ1) is 16.9. The van der Waals surface area contributed by atoms with Crippen LogP contribution in [0.1, 0.15) is 11.1 Å². The molecule has 1 aliphatic rings. The van der Waals surface area contributed by atoms with Crippen LogP contribution in [-0.2, 0) is 16.2 Å². The molecular formula is C26H21FN2O5S. The number of halogens is 1. The van der Waals surface area contributed by atoms with E-state index in [0.29, 0.717) is 22.7 Å². The average molecular weight is 493 g/mol. The summed E-state index contributed by atoms with van der Waals surface area (Å²) < 4.78 is 23.8. The molecule has 3 aromatic carbocycles. The number of hydrogen-bond acceptors (Lipinski definition) is 6. The van der Waals surface area contributed by atoms with E-state index in [2.05, 4.69) is 5.32 Å². The number of methoxy groups -OCH3 is 1. The van der Waals surface area contributed by atoms with Crippen molar-refractivity contribution in [2.24, 2.45) is 0 Å². The Morgan fingerprint density at radius 3 is 2.29 bits per heavy atom. The molecule has 0 spiro atoms. The van der Waals surface area contributed by atoms with Crippen LogP contribution in [-0.4, -0.2) is 35.6 Å². The summed E-state index contributed by atoms with van der Waals surface area (Å²) in [4.78, 5) is 38.5. The molecule has 4 rings (SSSR count). The van der Waals surface area contributed by atoms with Crippen molar-refractivity contribution in [1.29, 1.82) is 0 Å². The molecule has 0 saturated carbocycles. The van der Waals surface area contributed by atoms with Gasteiger partial charge in [0, 0.05) is 5.69 Å². The molecule has 35 heavy (non-hydrogen) atoms. The number of carbonyl (C=O) groups is 3. The van der Waals surface area contributed by atoms with Gasteiger partial charge in [-0.15, -0.1) is 0 Å². The van der Waals surface area contributed by atoms with E-state index in [1.165, 1.54) is 12.1 Å². The van der Waals surface area contributed by atoms with Crippen LogP contribution in [0.5, 0.6) is 11.5 Å². The first-order valence-corrected chi connectivity index (χ1v) is 11.4. The predicted molar refractivity (Wildman–Crippen MR) is 131 cm³/mol. The van der Waals surface area contributed by atoms with E-state index >= 15 is 0 Å². The highest BCUT2D eigenvalue weighted by Gasteiger charge is 2.36. The van der Waals surface area contributed by atoms with Gasteiger partial charge in [0.2, 0.25) is 5.91 Å². The Morgan fingerprint density at radius 1 is 0.971 bits per heavy atom. The number of thioether (sulfide) groups is 1. The third kappa shape index (κ3) is 6.27. The first-order valence-electron chi connectivity index (χ1n) is 10.6. The van der Waals surface area contributed by atoms with Crippen molar-refractivity contribution in [1.82, 2.24) is 4.90 Å². The molecule has 3 amide bonds. The number of amides is 3. The third-order valence-corrected chi connectivity index (χ3v) is 5.95. The summed E-state index contributed by atoms with van der Waals surface area (Å²) in [6.07, 6.45) is 1.59. The average Bonchev–Trinajstić information content (AvgIpc) is 3.12. The van der Waals surface area contributed by atoms with Gasteiger partial charge >= 0.3 is 0 Å². The number of imide groups is 1. The third-order valence-electron chi connectivity index (χ3n) is 5.05. The van der Waals surface area contributed by atoms with Crippen molar-refractivity contribution in [2.75, 3.05) is 19.0 Å². The van der Waals surface area contributed by atoms with Crippen molar-refractivity contribution < 1.29 is 28.2 Å². The van der Waals surface area contributed by atoms with E-state index in [0.717, 1.165) is 22.2 Å². The molecule has 1 aliphatic heterocycles. The first kappa shape index (κ1) is 24.0. The molecule has 9 heteroatoms. The Bertz CT molecular complexity index is 1260. The molecule has 0 bridgehead atoms. The van der Waals surface area contributed by atoms with Gasteiger partial charge in [0.25, 0.3) is 11.1 Å². The standard InChI is InChI=1S/C26H21FN2O5S/c1-33-21-12-8-20(9-13-21)28-24(30)15-29-25(31)23(35-26(29)32)14-17-4-10-22(11-5-17)34-16-18-2-6-19(27)7-3-18/h2-14H,15-16H2,1H3,(H,28,30)/b23-14-. The van der Waals surface area contributed by atoms with Crippen LogP contribution in [0.15, 0.2) is 77.7 Å². The van der Waals surface area contributed by atoms with Crippen LogP contribution in [0.2, 0.25) is 0 Å². The summed E-state index contributed by atoms with van der Waals surface area (Å²) in [5.74, 6) is -0.0652. The topological polar surface area (TPSA) is 84.9 Å². The second-order valence-corrected chi connectivity index (χ2v) is 8.52. The molecular weight excluding hydrogens is 471 g/mol. The number of anilines is 1. The van der Waals surface area contributed by atoms with Crippen molar-refractivity contribution in [3.8, 4) is 11.5 Å². The fourth-order valence-corrected chi connectivity index (χ4v) is 4.05. The zero-order chi connectivity index (χ0) is 24.8. The number of rotatable bonds is 8. The molecule has 1 heterocycles. The fraction of sp³-hybridized carbons (Fsp3) is 0.115. The van der Waals surface area contributed by atoms with Crippen LogP contribution >= 0.6 is 11.8 Å². The molecule has 3 aromatic rings. The molecule has 1 saturated heterocycles. The Morgan fingerprint density at radius 2 is 1.63 bits per heavy atom. The molecule has 0 atom stereocenters. The van der Waals surface area contributed by atoms with Crippen LogP contribution in [0.25, 0.3) is 6.08 Å². The highest BCUT2D eigenvalue weighted by Crippen LogP contribution is 2.32. The van der Waals surface area contributed by atoms with Gasteiger partial charge in [-0.3, -0.25) is 19.3 Å². The van der Waals surface area contributed by atoms with E-state index in [4.69, 9.17) is 9.47 Å². The SMILES string of the molecule is COc1ccc(NC(=O)CN2C(=O)S/C(=C\c3ccc(OCc4ccc(F)cc4)cc3)C2=O)cc1. The maximum atomic E-state index is 13.0. The maximum Gasteiger partial charge on any atom is 0.294 e. The van der Waals surface area contributed by atoms with Gasteiger partial charge in [0.1, 0.15) is 30.5 Å². The van der Waals surface area contributed by atoms with Gasteiger partial charge in [0.05, 0.1) is 12.0 Å². The largest absolute Gasteiger partial charge is 0.497 e. The van der Waals surface area contributed by atoms with Gasteiger partial charge < -0.3 is 14.8 Å². The lowest BCUT2D eigenvalue weighted by molar-refractivity contribution is -0.127. The van der Waals surface area contributed by atoms with Crippen LogP contribution < -0.4 is 14.8 Å². The smallest absolute Gasteiger partial charge is 0.294 e. The minimum absolute atomic E-state index is 0.229. The van der Waals surface area contributed by atoms with Crippen LogP contribution in [0.3, 0.4) is 0 Å². The van der Waals surface area contributed by atoms with Gasteiger partial charge in [-0.05, 0) is 77.5 Å². The van der Waals surface area contributed by atoms with Gasteiger partial charge in [-0.2, -0.15) is 0 Å². The van der Waals surface area contributed by atoms with Crippen molar-refractivity contribution in [3.05, 3.63) is 94.6 Å². The van der Waals surface area contributed by atoms with Crippen molar-refractivity contribution in [3.63, 3.8) is 0 Å². The Hall–Kier alpha value is -4.11. The van der Waals surface area contributed by atoms with E-state index in [9.17, 15) is 18.8 Å². The zero-order valence-corrected chi connectivity index (χ0v) is 19.5. The summed E-state index contributed by atoms with van der Waals surface area (Å²) in [5.41, 5.74) is 2.06. The Kier molecular flexibility index (Phi) is 7.47. The summed E-state index contributed by atoms with van der Waals surface area (Å²) in [6, 6.07) is 19.7. The number of ether oxygens (including phenoxy) is 2. The number of hydrogen-bond donors (Lipinski definition) is 1. The van der Waals surface area contributed by atoms with Gasteiger partial charge in [-0.1, -0.05) is 24.3 Å². The number of nitrogens with zero attached hydrogens (tertiary/aromatic N) is 1. The minimum atomic E-state index is -0.526.